The Balaban J connectivity index is 2.71. The molecule has 0 spiro atoms. The molecule has 0 fully saturated rings. The number of rotatable bonds is 5. The Labute approximate surface area is 106 Å². The predicted octanol–water partition coefficient (Wildman–Crippen LogP) is 4.32. The number of Topliss-reactive ketones (excluding diaryl/α,β-unsaturated/α-hetero) is 1. The summed E-state index contributed by atoms with van der Waals surface area (Å²) in [6, 6.07) is 7.77. The Bertz CT molecular complexity index is 363. The lowest BCUT2D eigenvalue weighted by molar-refractivity contribution is 0.0939. The van der Waals surface area contributed by atoms with Gasteiger partial charge in [0, 0.05) is 16.8 Å². The molecule has 0 amide bonds. The molecule has 0 N–H and O–H groups in total. The number of carbonyl (C=O) groups excluding carboxylic acids is 1. The second-order valence-electron chi connectivity index (χ2n) is 4.02. The van der Waals surface area contributed by atoms with Gasteiger partial charge in [0.2, 0.25) is 0 Å². The van der Waals surface area contributed by atoms with Crippen LogP contribution in [0.15, 0.2) is 30.3 Å². The summed E-state index contributed by atoms with van der Waals surface area (Å²) in [5.41, 5.74) is 1.94. The molecule has 2 heteroatoms. The van der Waals surface area contributed by atoms with Crippen LogP contribution in [0.25, 0.3) is 6.08 Å². The number of carbonyl (C=O) groups is 1. The molecule has 1 rings (SSSR count). The normalized spacial score (nSPS) is 11.2. The molecular formula is C14H17BrO. The largest absolute Gasteiger partial charge is 0.294 e. The van der Waals surface area contributed by atoms with Crippen LogP contribution < -0.4 is 0 Å². The van der Waals surface area contributed by atoms with Gasteiger partial charge in [0.1, 0.15) is 0 Å². The van der Waals surface area contributed by atoms with Crippen molar-refractivity contribution >= 4 is 27.8 Å². The number of benzene rings is 1. The predicted molar refractivity (Wildman–Crippen MR) is 73.1 cm³/mol. The van der Waals surface area contributed by atoms with Gasteiger partial charge in [0.05, 0.1) is 0 Å². The van der Waals surface area contributed by atoms with E-state index in [1.165, 1.54) is 0 Å². The summed E-state index contributed by atoms with van der Waals surface area (Å²) in [6.45, 7) is 3.85. The van der Waals surface area contributed by atoms with Crippen LogP contribution >= 0.6 is 15.9 Å². The summed E-state index contributed by atoms with van der Waals surface area (Å²) in [7, 11) is 0. The zero-order valence-corrected chi connectivity index (χ0v) is 11.3. The molecule has 0 aliphatic heterocycles. The van der Waals surface area contributed by atoms with E-state index >= 15 is 0 Å². The van der Waals surface area contributed by atoms with Crippen molar-refractivity contribution in [1.29, 1.82) is 0 Å². The molecule has 0 unspecified atom stereocenters. The molecule has 1 aromatic carbocycles. The Kier molecular flexibility index (Phi) is 5.47. The summed E-state index contributed by atoms with van der Waals surface area (Å²) in [4.78, 5) is 11.7. The molecule has 0 radical (unpaired) electrons. The lowest BCUT2D eigenvalue weighted by atomic mass is 10.00. The van der Waals surface area contributed by atoms with E-state index in [1.54, 1.807) is 0 Å². The zero-order valence-electron chi connectivity index (χ0n) is 9.74. The third-order valence-corrected chi connectivity index (χ3v) is 2.76. The van der Waals surface area contributed by atoms with Gasteiger partial charge in [0.25, 0.3) is 0 Å². The average molecular weight is 281 g/mol. The lowest BCUT2D eigenvalue weighted by Gasteiger charge is -2.03. The van der Waals surface area contributed by atoms with Crippen LogP contribution in [0.5, 0.6) is 0 Å². The minimum absolute atomic E-state index is 0.0646. The number of halogens is 1. The first-order valence-electron chi connectivity index (χ1n) is 5.52. The summed E-state index contributed by atoms with van der Waals surface area (Å²) in [6.07, 6.45) is 5.21. The first-order valence-corrected chi connectivity index (χ1v) is 6.64. The highest BCUT2D eigenvalue weighted by atomic mass is 79.9. The second kappa shape index (κ2) is 6.64. The number of alkyl halides is 1. The number of allylic oxidation sites excluding steroid dienone is 1. The van der Waals surface area contributed by atoms with Crippen LogP contribution in [0.1, 0.15) is 36.2 Å². The van der Waals surface area contributed by atoms with E-state index in [1.807, 2.05) is 38.1 Å². The molecule has 86 valence electrons. The Morgan fingerprint density at radius 2 is 1.94 bits per heavy atom. The van der Waals surface area contributed by atoms with E-state index in [2.05, 4.69) is 28.1 Å². The lowest BCUT2D eigenvalue weighted by Crippen LogP contribution is -2.06. The van der Waals surface area contributed by atoms with E-state index in [0.29, 0.717) is 0 Å². The van der Waals surface area contributed by atoms with Crippen LogP contribution in [-0.4, -0.2) is 11.1 Å². The molecule has 0 aliphatic carbocycles. The van der Waals surface area contributed by atoms with Crippen LogP contribution in [0, 0.1) is 5.92 Å². The molecular weight excluding hydrogens is 264 g/mol. The van der Waals surface area contributed by atoms with Gasteiger partial charge in [-0.15, -0.1) is 0 Å². The maximum atomic E-state index is 11.7. The van der Waals surface area contributed by atoms with Gasteiger partial charge in [-0.2, -0.15) is 0 Å². The molecule has 0 heterocycles. The Morgan fingerprint density at radius 3 is 2.44 bits per heavy atom. The van der Waals surface area contributed by atoms with Crippen LogP contribution in [-0.2, 0) is 0 Å². The van der Waals surface area contributed by atoms with E-state index < -0.39 is 0 Å². The van der Waals surface area contributed by atoms with Crippen molar-refractivity contribution < 1.29 is 4.79 Å². The molecule has 0 aliphatic rings. The SMILES string of the molecule is CC(C)C(=O)c1ccc(C=CCCBr)cc1. The Hall–Kier alpha value is -0.890. The zero-order chi connectivity index (χ0) is 12.0. The van der Waals surface area contributed by atoms with Gasteiger partial charge in [-0.1, -0.05) is 66.2 Å². The van der Waals surface area contributed by atoms with Crippen molar-refractivity contribution in [2.24, 2.45) is 5.92 Å². The molecule has 0 saturated heterocycles. The fourth-order valence-electron chi connectivity index (χ4n) is 1.37. The maximum absolute atomic E-state index is 11.7. The summed E-state index contributed by atoms with van der Waals surface area (Å²) >= 11 is 3.37. The van der Waals surface area contributed by atoms with Gasteiger partial charge < -0.3 is 0 Å². The minimum atomic E-state index is 0.0646. The van der Waals surface area contributed by atoms with E-state index in [-0.39, 0.29) is 11.7 Å². The van der Waals surface area contributed by atoms with E-state index in [0.717, 1.165) is 22.9 Å². The average Bonchev–Trinajstić information content (AvgIpc) is 2.29. The molecule has 1 nitrogen and oxygen atoms in total. The fraction of sp³-hybridized carbons (Fsp3) is 0.357. The molecule has 0 atom stereocenters. The maximum Gasteiger partial charge on any atom is 0.165 e. The van der Waals surface area contributed by atoms with Crippen LogP contribution in [0.2, 0.25) is 0 Å². The van der Waals surface area contributed by atoms with Crippen molar-refractivity contribution in [3.05, 3.63) is 41.5 Å². The van der Waals surface area contributed by atoms with Crippen molar-refractivity contribution in [3.8, 4) is 0 Å². The third-order valence-electron chi connectivity index (χ3n) is 2.31. The van der Waals surface area contributed by atoms with Crippen molar-refractivity contribution in [2.45, 2.75) is 20.3 Å². The smallest absolute Gasteiger partial charge is 0.165 e. The first kappa shape index (κ1) is 13.2. The molecule has 0 saturated carbocycles. The molecule has 16 heavy (non-hydrogen) atoms. The number of hydrogen-bond donors (Lipinski definition) is 0. The summed E-state index contributed by atoms with van der Waals surface area (Å²) in [5, 5.41) is 0.980. The first-order chi connectivity index (χ1) is 7.65. The fourth-order valence-corrected chi connectivity index (χ4v) is 1.64. The highest BCUT2D eigenvalue weighted by Gasteiger charge is 2.08. The second-order valence-corrected chi connectivity index (χ2v) is 4.81. The van der Waals surface area contributed by atoms with Crippen LogP contribution in [0.4, 0.5) is 0 Å². The van der Waals surface area contributed by atoms with E-state index in [9.17, 15) is 4.79 Å². The third kappa shape index (κ3) is 3.93. The summed E-state index contributed by atoms with van der Waals surface area (Å²) in [5.74, 6) is 0.269. The van der Waals surface area contributed by atoms with Crippen molar-refractivity contribution in [3.63, 3.8) is 0 Å². The van der Waals surface area contributed by atoms with Crippen molar-refractivity contribution in [1.82, 2.24) is 0 Å². The topological polar surface area (TPSA) is 17.1 Å². The molecule has 0 aromatic heterocycles. The highest BCUT2D eigenvalue weighted by molar-refractivity contribution is 9.09. The van der Waals surface area contributed by atoms with Crippen LogP contribution in [0.3, 0.4) is 0 Å². The monoisotopic (exact) mass is 280 g/mol. The van der Waals surface area contributed by atoms with Crippen molar-refractivity contribution in [2.75, 3.05) is 5.33 Å². The van der Waals surface area contributed by atoms with Gasteiger partial charge in [-0.3, -0.25) is 4.79 Å². The highest BCUT2D eigenvalue weighted by Crippen LogP contribution is 2.11. The van der Waals surface area contributed by atoms with E-state index in [4.69, 9.17) is 0 Å². The minimum Gasteiger partial charge on any atom is -0.294 e. The van der Waals surface area contributed by atoms with Gasteiger partial charge in [-0.05, 0) is 12.0 Å². The van der Waals surface area contributed by atoms with Gasteiger partial charge >= 0.3 is 0 Å². The molecule has 0 bridgehead atoms. The summed E-state index contributed by atoms with van der Waals surface area (Å²) < 4.78 is 0. The van der Waals surface area contributed by atoms with Gasteiger partial charge in [0.15, 0.2) is 5.78 Å². The Morgan fingerprint density at radius 1 is 1.31 bits per heavy atom. The number of ketones is 1. The quantitative estimate of drug-likeness (QED) is 0.580. The van der Waals surface area contributed by atoms with Gasteiger partial charge in [-0.25, -0.2) is 0 Å². The number of hydrogen-bond acceptors (Lipinski definition) is 1. The standard InChI is InChI=1S/C14H17BrO/c1-11(2)14(16)13-8-6-12(7-9-13)5-3-4-10-15/h3,5-9,11H,4,10H2,1-2H3. The molecule has 1 aromatic rings.